The van der Waals surface area contributed by atoms with E-state index in [1.54, 1.807) is 54.0 Å². The number of fused-ring (bicyclic) bond motifs is 1. The van der Waals surface area contributed by atoms with Gasteiger partial charge < -0.3 is 9.30 Å². The summed E-state index contributed by atoms with van der Waals surface area (Å²) in [6, 6.07) is 12.3. The largest absolute Gasteiger partial charge is 0.465 e. The van der Waals surface area contributed by atoms with Gasteiger partial charge in [-0.25, -0.2) is 0 Å². The molecule has 0 atom stereocenters. The number of thiazole rings is 1. The van der Waals surface area contributed by atoms with Crippen molar-refractivity contribution >= 4 is 56.6 Å². The highest BCUT2D eigenvalue weighted by Crippen LogP contribution is 2.22. The van der Waals surface area contributed by atoms with Crippen LogP contribution in [0.25, 0.3) is 10.2 Å². The number of hydrogen-bond donors (Lipinski definition) is 0. The molecule has 0 aliphatic rings. The third kappa shape index (κ3) is 4.97. The maximum absolute atomic E-state index is 12.4. The van der Waals surface area contributed by atoms with E-state index in [4.69, 9.17) is 27.9 Å². The molecule has 27 heavy (non-hydrogen) atoms. The molecular formula is C19H16Cl2N2O3S. The van der Waals surface area contributed by atoms with Gasteiger partial charge in [0.25, 0.3) is 5.91 Å². The van der Waals surface area contributed by atoms with Crippen molar-refractivity contribution in [2.45, 2.75) is 19.9 Å². The molecule has 0 aliphatic carbocycles. The lowest BCUT2D eigenvalue weighted by molar-refractivity contribution is -0.143. The first kappa shape index (κ1) is 19.6. The Morgan fingerprint density at radius 3 is 2.52 bits per heavy atom. The molecule has 5 nitrogen and oxygen atoms in total. The molecule has 8 heteroatoms. The monoisotopic (exact) mass is 422 g/mol. The van der Waals surface area contributed by atoms with E-state index in [2.05, 4.69) is 4.99 Å². The smallest absolute Gasteiger partial charge is 0.326 e. The van der Waals surface area contributed by atoms with Crippen LogP contribution >= 0.6 is 34.5 Å². The van der Waals surface area contributed by atoms with E-state index < -0.39 is 5.97 Å². The second kappa shape index (κ2) is 8.69. The maximum atomic E-state index is 12.4. The summed E-state index contributed by atoms with van der Waals surface area (Å²) in [4.78, 5) is 29.0. The van der Waals surface area contributed by atoms with Crippen LogP contribution in [-0.2, 0) is 27.3 Å². The Labute approximate surface area is 169 Å². The molecule has 0 unspecified atom stereocenters. The second-order valence-corrected chi connectivity index (χ2v) is 7.58. The van der Waals surface area contributed by atoms with Crippen molar-refractivity contribution in [2.24, 2.45) is 4.99 Å². The Hall–Kier alpha value is -2.15. The number of halogens is 2. The van der Waals surface area contributed by atoms with Gasteiger partial charge in [-0.1, -0.05) is 46.7 Å². The van der Waals surface area contributed by atoms with E-state index in [1.165, 1.54) is 11.3 Å². The van der Waals surface area contributed by atoms with Gasteiger partial charge in [0, 0.05) is 10.0 Å². The summed E-state index contributed by atoms with van der Waals surface area (Å²) in [5.41, 5.74) is 1.59. The molecule has 0 saturated carbocycles. The molecular weight excluding hydrogens is 407 g/mol. The molecule has 0 spiro atoms. The van der Waals surface area contributed by atoms with E-state index >= 15 is 0 Å². The Morgan fingerprint density at radius 1 is 1.11 bits per heavy atom. The van der Waals surface area contributed by atoms with Crippen LogP contribution in [0.5, 0.6) is 0 Å². The molecule has 0 radical (unpaired) electrons. The molecule has 1 heterocycles. The predicted molar refractivity (Wildman–Crippen MR) is 107 cm³/mol. The van der Waals surface area contributed by atoms with E-state index in [9.17, 15) is 9.59 Å². The molecule has 3 aromatic rings. The molecule has 2 aromatic carbocycles. The lowest BCUT2D eigenvalue weighted by atomic mass is 10.1. The summed E-state index contributed by atoms with van der Waals surface area (Å²) < 4.78 is 7.55. The molecule has 3 rings (SSSR count). The van der Waals surface area contributed by atoms with Crippen LogP contribution in [0.1, 0.15) is 12.5 Å². The van der Waals surface area contributed by atoms with Gasteiger partial charge in [0.05, 0.1) is 23.2 Å². The van der Waals surface area contributed by atoms with Crippen molar-refractivity contribution < 1.29 is 14.3 Å². The first-order chi connectivity index (χ1) is 13.0. The van der Waals surface area contributed by atoms with Crippen LogP contribution in [0.15, 0.2) is 47.5 Å². The molecule has 1 amide bonds. The van der Waals surface area contributed by atoms with Crippen molar-refractivity contribution in [2.75, 3.05) is 6.61 Å². The van der Waals surface area contributed by atoms with E-state index in [0.29, 0.717) is 14.8 Å². The summed E-state index contributed by atoms with van der Waals surface area (Å²) in [6.07, 6.45) is 0.144. The van der Waals surface area contributed by atoms with Crippen molar-refractivity contribution in [3.05, 3.63) is 62.9 Å². The molecule has 0 fully saturated rings. The lowest BCUT2D eigenvalue weighted by Crippen LogP contribution is -2.23. The molecule has 0 aliphatic heterocycles. The fourth-order valence-corrected chi connectivity index (χ4v) is 3.99. The number of benzene rings is 2. The zero-order chi connectivity index (χ0) is 19.4. The number of hydrogen-bond acceptors (Lipinski definition) is 4. The summed E-state index contributed by atoms with van der Waals surface area (Å²) in [6.45, 7) is 2.01. The third-order valence-electron chi connectivity index (χ3n) is 3.73. The zero-order valence-corrected chi connectivity index (χ0v) is 16.8. The van der Waals surface area contributed by atoms with Crippen molar-refractivity contribution in [3.63, 3.8) is 0 Å². The van der Waals surface area contributed by atoms with Crippen LogP contribution in [0.3, 0.4) is 0 Å². The van der Waals surface area contributed by atoms with Crippen molar-refractivity contribution in [1.82, 2.24) is 4.57 Å². The van der Waals surface area contributed by atoms with E-state index in [0.717, 1.165) is 15.8 Å². The summed E-state index contributed by atoms with van der Waals surface area (Å²) in [5.74, 6) is -0.702. The molecule has 0 N–H and O–H groups in total. The quantitative estimate of drug-likeness (QED) is 0.577. The van der Waals surface area contributed by atoms with Crippen molar-refractivity contribution in [3.8, 4) is 0 Å². The maximum Gasteiger partial charge on any atom is 0.326 e. The number of carbonyl (C=O) groups is 2. The second-order valence-electron chi connectivity index (χ2n) is 5.70. The van der Waals surface area contributed by atoms with Crippen molar-refractivity contribution in [1.29, 1.82) is 0 Å². The zero-order valence-electron chi connectivity index (χ0n) is 14.4. The number of esters is 1. The van der Waals surface area contributed by atoms with Crippen LogP contribution < -0.4 is 4.80 Å². The highest BCUT2D eigenvalue weighted by atomic mass is 35.5. The van der Waals surface area contributed by atoms with Crippen LogP contribution in [-0.4, -0.2) is 23.1 Å². The highest BCUT2D eigenvalue weighted by Gasteiger charge is 2.13. The molecule has 1 aromatic heterocycles. The van der Waals surface area contributed by atoms with Crippen LogP contribution in [0.2, 0.25) is 10.0 Å². The van der Waals surface area contributed by atoms with Gasteiger partial charge in [0.2, 0.25) is 0 Å². The van der Waals surface area contributed by atoms with E-state index in [1.807, 2.05) is 0 Å². The predicted octanol–water partition coefficient (Wildman–Crippen LogP) is 4.24. The standard InChI is InChI=1S/C19H16Cl2N2O3S/c1-2-26-18(25)11-23-15-8-7-14(21)10-16(15)27-19(23)22-17(24)9-12-3-5-13(20)6-4-12/h3-8,10H,2,9,11H2,1H3. The lowest BCUT2D eigenvalue weighted by Gasteiger charge is -2.05. The third-order valence-corrected chi connectivity index (χ3v) is 5.25. The number of carbonyl (C=O) groups excluding carboxylic acids is 2. The van der Waals surface area contributed by atoms with Gasteiger partial charge in [-0.15, -0.1) is 0 Å². The van der Waals surface area contributed by atoms with E-state index in [-0.39, 0.29) is 25.5 Å². The average Bonchev–Trinajstić information content (AvgIpc) is 2.93. The minimum Gasteiger partial charge on any atom is -0.465 e. The topological polar surface area (TPSA) is 60.7 Å². The number of aromatic nitrogens is 1. The minimum atomic E-state index is -0.390. The Balaban J connectivity index is 1.97. The number of nitrogens with zero attached hydrogens (tertiary/aromatic N) is 2. The molecule has 140 valence electrons. The van der Waals surface area contributed by atoms with Gasteiger partial charge in [0.15, 0.2) is 4.80 Å². The number of rotatable bonds is 5. The van der Waals surface area contributed by atoms with Gasteiger partial charge in [-0.05, 0) is 42.8 Å². The summed E-state index contributed by atoms with van der Waals surface area (Å²) >= 11 is 13.2. The van der Waals surface area contributed by atoms with Gasteiger partial charge in [-0.3, -0.25) is 9.59 Å². The number of amides is 1. The summed E-state index contributed by atoms with van der Waals surface area (Å²) in [5, 5.41) is 1.18. The van der Waals surface area contributed by atoms with Gasteiger partial charge in [0.1, 0.15) is 6.54 Å². The Bertz CT molecular complexity index is 1050. The first-order valence-corrected chi connectivity index (χ1v) is 9.80. The van der Waals surface area contributed by atoms with Crippen LogP contribution in [0, 0.1) is 0 Å². The normalized spacial score (nSPS) is 11.7. The Kier molecular flexibility index (Phi) is 6.31. The van der Waals surface area contributed by atoms with Crippen LogP contribution in [0.4, 0.5) is 0 Å². The average molecular weight is 423 g/mol. The first-order valence-electron chi connectivity index (χ1n) is 8.23. The van der Waals surface area contributed by atoms with Gasteiger partial charge >= 0.3 is 5.97 Å². The summed E-state index contributed by atoms with van der Waals surface area (Å²) in [7, 11) is 0. The molecule has 0 bridgehead atoms. The Morgan fingerprint density at radius 2 is 1.81 bits per heavy atom. The SMILES string of the molecule is CCOC(=O)Cn1c(=NC(=O)Cc2ccc(Cl)cc2)sc2cc(Cl)ccc21. The minimum absolute atomic E-state index is 0.0253. The van der Waals surface area contributed by atoms with Gasteiger partial charge in [-0.2, -0.15) is 4.99 Å². The highest BCUT2D eigenvalue weighted by molar-refractivity contribution is 7.16. The fraction of sp³-hybridized carbons (Fsp3) is 0.211. The fourth-order valence-electron chi connectivity index (χ4n) is 2.54. The molecule has 0 saturated heterocycles. The number of ether oxygens (including phenoxy) is 1.